The molecule has 1 amide bonds. The molecule has 0 aliphatic carbocycles. The molecule has 1 aliphatic rings. The highest BCUT2D eigenvalue weighted by Gasteiger charge is 2.37. The van der Waals surface area contributed by atoms with Crippen molar-refractivity contribution in [2.75, 3.05) is 20.3 Å². The van der Waals surface area contributed by atoms with Crippen LogP contribution < -0.4 is 10.1 Å². The van der Waals surface area contributed by atoms with Crippen molar-refractivity contribution >= 4 is 21.9 Å². The lowest BCUT2D eigenvalue weighted by molar-refractivity contribution is -0.117. The van der Waals surface area contributed by atoms with Crippen molar-refractivity contribution in [2.45, 2.75) is 83.2 Å². The summed E-state index contributed by atoms with van der Waals surface area (Å²) in [7, 11) is -2.76. The van der Waals surface area contributed by atoms with E-state index < -0.39 is 34.5 Å². The number of aliphatic hydroxyl groups is 1. The van der Waals surface area contributed by atoms with Gasteiger partial charge in [0.25, 0.3) is 0 Å². The van der Waals surface area contributed by atoms with E-state index in [1.165, 1.54) is 20.1 Å². The zero-order valence-electron chi connectivity index (χ0n) is 24.5. The summed E-state index contributed by atoms with van der Waals surface area (Å²) in [6.45, 7) is 7.62. The fraction of sp³-hybridized carbons (Fsp3) is 0.533. The second-order valence-corrected chi connectivity index (χ2v) is 13.2. The Hall–Kier alpha value is -2.99. The molecule has 0 saturated carbocycles. The largest absolute Gasteiger partial charge is 0.496 e. The summed E-state index contributed by atoms with van der Waals surface area (Å²) in [6.07, 6.45) is -1.83. The van der Waals surface area contributed by atoms with Crippen LogP contribution in [0.3, 0.4) is 0 Å². The zero-order chi connectivity index (χ0) is 30.2. The highest BCUT2D eigenvalue weighted by atomic mass is 32.2. The van der Waals surface area contributed by atoms with Crippen molar-refractivity contribution < 1.29 is 37.3 Å². The van der Waals surface area contributed by atoms with E-state index in [0.29, 0.717) is 49.2 Å². The van der Waals surface area contributed by atoms with Gasteiger partial charge in [-0.1, -0.05) is 44.2 Å². The van der Waals surface area contributed by atoms with Crippen molar-refractivity contribution in [3.63, 3.8) is 0 Å². The van der Waals surface area contributed by atoms with E-state index in [0.717, 1.165) is 4.31 Å². The Bertz CT molecular complexity index is 1270. The topological polar surface area (TPSA) is 131 Å². The van der Waals surface area contributed by atoms with Crippen molar-refractivity contribution in [1.82, 2.24) is 9.62 Å². The number of alkyl carbamates (subject to hydrolysis) is 1. The third-order valence-corrected chi connectivity index (χ3v) is 8.88. The molecule has 2 N–H and O–H groups in total. The van der Waals surface area contributed by atoms with Crippen molar-refractivity contribution in [3.8, 4) is 5.75 Å². The first-order valence-corrected chi connectivity index (χ1v) is 15.2. The standard InChI is InChI=1S/C30H42N2O8S/c1-21(33)13-15-30(3,4)18-24-17-26(11-12-27(24)38-5)41(36,37)32(19-23-9-7-6-8-10-23)28(22(2)34)31-29(35)40-25-14-16-39-20-25/h6-12,17,22,25,28,34H,13-16,18-20H2,1-5H3,(H,31,35)/t22-,25+,28+/m1/s1. The Morgan fingerprint density at radius 2 is 1.90 bits per heavy atom. The van der Waals surface area contributed by atoms with Gasteiger partial charge in [0.2, 0.25) is 10.0 Å². The molecule has 0 radical (unpaired) electrons. The van der Waals surface area contributed by atoms with Gasteiger partial charge >= 0.3 is 6.09 Å². The van der Waals surface area contributed by atoms with Crippen LogP contribution in [0.1, 0.15) is 58.1 Å². The molecule has 1 aliphatic heterocycles. The molecule has 0 spiro atoms. The first-order valence-electron chi connectivity index (χ1n) is 13.8. The molecule has 0 unspecified atom stereocenters. The number of aliphatic hydroxyl groups excluding tert-OH is 1. The quantitative estimate of drug-likeness (QED) is 0.315. The molecule has 0 aromatic heterocycles. The van der Waals surface area contributed by atoms with Crippen LogP contribution in [0.4, 0.5) is 4.79 Å². The number of nitrogens with zero attached hydrogens (tertiary/aromatic N) is 1. The van der Waals surface area contributed by atoms with Gasteiger partial charge in [0.1, 0.15) is 23.8 Å². The van der Waals surface area contributed by atoms with E-state index in [1.54, 1.807) is 43.3 Å². The number of hydrogen-bond donors (Lipinski definition) is 2. The summed E-state index contributed by atoms with van der Waals surface area (Å²) in [5.41, 5.74) is 1.03. The highest BCUT2D eigenvalue weighted by molar-refractivity contribution is 7.89. The van der Waals surface area contributed by atoms with Gasteiger partial charge in [-0.3, -0.25) is 0 Å². The molecule has 0 bridgehead atoms. The Labute approximate surface area is 243 Å². The number of rotatable bonds is 14. The third-order valence-electron chi connectivity index (χ3n) is 7.06. The summed E-state index contributed by atoms with van der Waals surface area (Å²) in [6, 6.07) is 13.5. The molecule has 1 fully saturated rings. The monoisotopic (exact) mass is 590 g/mol. The normalized spacial score (nSPS) is 17.2. The van der Waals surface area contributed by atoms with Gasteiger partial charge in [0, 0.05) is 19.4 Å². The lowest BCUT2D eigenvalue weighted by atomic mass is 9.81. The van der Waals surface area contributed by atoms with E-state index >= 15 is 0 Å². The van der Waals surface area contributed by atoms with Gasteiger partial charge in [0.15, 0.2) is 0 Å². The molecule has 1 heterocycles. The number of benzene rings is 2. The number of amides is 1. The summed E-state index contributed by atoms with van der Waals surface area (Å²) in [5.74, 6) is 0.621. The predicted molar refractivity (Wildman–Crippen MR) is 154 cm³/mol. The van der Waals surface area contributed by atoms with Crippen LogP contribution in [-0.4, -0.2) is 68.4 Å². The van der Waals surface area contributed by atoms with Crippen LogP contribution in [0.15, 0.2) is 53.4 Å². The van der Waals surface area contributed by atoms with Gasteiger partial charge in [-0.05, 0) is 61.4 Å². The Kier molecular flexibility index (Phi) is 11.3. The third kappa shape index (κ3) is 9.26. The van der Waals surface area contributed by atoms with Crippen LogP contribution in [-0.2, 0) is 37.3 Å². The Balaban J connectivity index is 1.99. The second kappa shape index (κ2) is 14.3. The maximum absolute atomic E-state index is 14.3. The summed E-state index contributed by atoms with van der Waals surface area (Å²) in [5, 5.41) is 13.3. The fourth-order valence-corrected chi connectivity index (χ4v) is 6.40. The molecule has 41 heavy (non-hydrogen) atoms. The molecule has 226 valence electrons. The summed E-state index contributed by atoms with van der Waals surface area (Å²) >= 11 is 0. The molecule has 3 atom stereocenters. The molecular weight excluding hydrogens is 548 g/mol. The number of nitrogens with one attached hydrogen (secondary N) is 1. The number of methoxy groups -OCH3 is 1. The van der Waals surface area contributed by atoms with E-state index in [1.807, 2.05) is 19.9 Å². The van der Waals surface area contributed by atoms with Gasteiger partial charge in [-0.15, -0.1) is 0 Å². The lowest BCUT2D eigenvalue weighted by Crippen LogP contribution is -2.56. The van der Waals surface area contributed by atoms with E-state index in [9.17, 15) is 23.1 Å². The van der Waals surface area contributed by atoms with Crippen LogP contribution in [0.25, 0.3) is 0 Å². The van der Waals surface area contributed by atoms with Crippen molar-refractivity contribution in [2.24, 2.45) is 5.41 Å². The van der Waals surface area contributed by atoms with Crippen molar-refractivity contribution in [3.05, 3.63) is 59.7 Å². The van der Waals surface area contributed by atoms with Gasteiger partial charge in [0.05, 0.1) is 31.3 Å². The smallest absolute Gasteiger partial charge is 0.408 e. The molecule has 2 aromatic carbocycles. The molecule has 10 nitrogen and oxygen atoms in total. The SMILES string of the molecule is COc1ccc(S(=O)(=O)N(Cc2ccccc2)[C@H](NC(=O)O[C@H]2CCOC2)[C@@H](C)O)cc1CC(C)(C)CCC(C)=O. The Morgan fingerprint density at radius 1 is 1.20 bits per heavy atom. The molecule has 1 saturated heterocycles. The molecule has 2 aromatic rings. The van der Waals surface area contributed by atoms with E-state index in [2.05, 4.69) is 5.32 Å². The zero-order valence-corrected chi connectivity index (χ0v) is 25.3. The number of hydrogen-bond acceptors (Lipinski definition) is 8. The minimum Gasteiger partial charge on any atom is -0.496 e. The fourth-order valence-electron chi connectivity index (χ4n) is 4.75. The highest BCUT2D eigenvalue weighted by Crippen LogP contribution is 2.34. The number of sulfonamides is 1. The lowest BCUT2D eigenvalue weighted by Gasteiger charge is -2.33. The minimum absolute atomic E-state index is 0.0170. The Morgan fingerprint density at radius 3 is 2.49 bits per heavy atom. The van der Waals surface area contributed by atoms with Gasteiger partial charge < -0.3 is 29.4 Å². The van der Waals surface area contributed by atoms with E-state index in [-0.39, 0.29) is 29.2 Å². The second-order valence-electron chi connectivity index (χ2n) is 11.3. The first-order chi connectivity index (χ1) is 19.3. The minimum atomic E-state index is -4.28. The van der Waals surface area contributed by atoms with Crippen LogP contribution in [0.2, 0.25) is 0 Å². The maximum atomic E-state index is 14.3. The van der Waals surface area contributed by atoms with E-state index in [4.69, 9.17) is 14.2 Å². The molecular formula is C30H42N2O8S. The number of ether oxygens (including phenoxy) is 3. The molecule has 11 heteroatoms. The maximum Gasteiger partial charge on any atom is 0.408 e. The van der Waals surface area contributed by atoms with Gasteiger partial charge in [-0.2, -0.15) is 4.31 Å². The average Bonchev–Trinajstić information content (AvgIpc) is 3.42. The number of ketones is 1. The van der Waals surface area contributed by atoms with Crippen LogP contribution in [0.5, 0.6) is 5.75 Å². The van der Waals surface area contributed by atoms with Crippen molar-refractivity contribution in [1.29, 1.82) is 0 Å². The number of carbonyl (C=O) groups excluding carboxylic acids is 2. The first kappa shape index (κ1) is 32.5. The van der Waals surface area contributed by atoms with Crippen LogP contribution in [0, 0.1) is 5.41 Å². The number of Topliss-reactive ketones (excluding diaryl/α,β-unsaturated/α-hetero) is 1. The van der Waals surface area contributed by atoms with Gasteiger partial charge in [-0.25, -0.2) is 13.2 Å². The summed E-state index contributed by atoms with van der Waals surface area (Å²) < 4.78 is 45.8. The molecule has 3 rings (SSSR count). The van der Waals surface area contributed by atoms with Crippen LogP contribution >= 0.6 is 0 Å². The average molecular weight is 591 g/mol. The summed E-state index contributed by atoms with van der Waals surface area (Å²) in [4.78, 5) is 24.4. The predicted octanol–water partition coefficient (Wildman–Crippen LogP) is 4.05. The number of carbonyl (C=O) groups is 2.